The first-order valence-corrected chi connectivity index (χ1v) is 11.7. The third-order valence-corrected chi connectivity index (χ3v) is 8.05. The minimum atomic E-state index is -3.83. The number of fused-ring (bicyclic) bond motifs is 2. The summed E-state index contributed by atoms with van der Waals surface area (Å²) < 4.78 is 33.1. The van der Waals surface area contributed by atoms with Gasteiger partial charge in [-0.2, -0.15) is 0 Å². The minimum Gasteiger partial charge on any atom is -0.472 e. The van der Waals surface area contributed by atoms with E-state index < -0.39 is 33.2 Å². The van der Waals surface area contributed by atoms with Crippen molar-refractivity contribution in [1.29, 1.82) is 5.41 Å². The van der Waals surface area contributed by atoms with Crippen LogP contribution in [0, 0.1) is 11.3 Å². The van der Waals surface area contributed by atoms with Gasteiger partial charge in [0.15, 0.2) is 5.60 Å². The number of ether oxygens (including phenoxy) is 1. The largest absolute Gasteiger partial charge is 0.472 e. The first-order chi connectivity index (χ1) is 15.8. The van der Waals surface area contributed by atoms with Crippen molar-refractivity contribution in [3.8, 4) is 0 Å². The van der Waals surface area contributed by atoms with Crippen LogP contribution in [0.15, 0.2) is 117 Å². The van der Waals surface area contributed by atoms with Crippen LogP contribution in [0.2, 0.25) is 0 Å². The number of carbonyl (C=O) groups excluding carboxylic acids is 2. The monoisotopic (exact) mass is 456 g/mol. The van der Waals surface area contributed by atoms with Crippen molar-refractivity contribution in [2.24, 2.45) is 5.92 Å². The van der Waals surface area contributed by atoms with Crippen molar-refractivity contribution in [3.05, 3.63) is 112 Å². The number of carbonyl (C=O) groups is 2. The standard InChI is InChI=1S/C25H16N2O5S/c26-19-12-14-11-16-6-4-5-15-9-10-18(33(30,31)17-7-2-1-3-8-17)13-25(15,16)32-22(14)21-20(19)23(28)27-24(21)29/h1-13,20,26H,(H,27,28,29). The molecule has 2 N–H and O–H groups in total. The Morgan fingerprint density at radius 2 is 1.79 bits per heavy atom. The van der Waals surface area contributed by atoms with E-state index in [0.717, 1.165) is 0 Å². The maximum atomic E-state index is 13.3. The Hall–Kier alpha value is -4.04. The molecule has 2 amide bonds. The Morgan fingerprint density at radius 1 is 1.00 bits per heavy atom. The van der Waals surface area contributed by atoms with Gasteiger partial charge in [-0.1, -0.05) is 42.5 Å². The molecule has 2 unspecified atom stereocenters. The summed E-state index contributed by atoms with van der Waals surface area (Å²) in [6.45, 7) is 0. The summed E-state index contributed by atoms with van der Waals surface area (Å²) in [5.41, 5.74) is 0.658. The number of rotatable bonds is 2. The molecule has 5 aliphatic rings. The van der Waals surface area contributed by atoms with Crippen molar-refractivity contribution < 1.29 is 22.7 Å². The van der Waals surface area contributed by atoms with E-state index in [9.17, 15) is 18.0 Å². The number of allylic oxidation sites excluding steroid dienone is 5. The second-order valence-corrected chi connectivity index (χ2v) is 10.1. The number of benzene rings is 1. The molecule has 1 fully saturated rings. The second-order valence-electron chi connectivity index (χ2n) is 8.16. The quantitative estimate of drug-likeness (QED) is 0.664. The molecule has 162 valence electrons. The summed E-state index contributed by atoms with van der Waals surface area (Å²) in [5, 5.41) is 10.5. The van der Waals surface area contributed by atoms with Crippen molar-refractivity contribution in [1.82, 2.24) is 5.32 Å². The molecule has 6 rings (SSSR count). The fourth-order valence-corrected chi connectivity index (χ4v) is 6.06. The second kappa shape index (κ2) is 6.49. The van der Waals surface area contributed by atoms with E-state index in [1.807, 2.05) is 18.2 Å². The lowest BCUT2D eigenvalue weighted by Crippen LogP contribution is -2.41. The van der Waals surface area contributed by atoms with Crippen LogP contribution in [0.25, 0.3) is 0 Å². The van der Waals surface area contributed by atoms with Crippen molar-refractivity contribution >= 4 is 27.4 Å². The van der Waals surface area contributed by atoms with E-state index >= 15 is 0 Å². The van der Waals surface area contributed by atoms with Gasteiger partial charge in [-0.05, 0) is 36.4 Å². The Morgan fingerprint density at radius 3 is 2.58 bits per heavy atom. The van der Waals surface area contributed by atoms with E-state index in [-0.39, 0.29) is 26.8 Å². The van der Waals surface area contributed by atoms with E-state index in [2.05, 4.69) is 5.32 Å². The lowest BCUT2D eigenvalue weighted by Gasteiger charge is -2.43. The highest BCUT2D eigenvalue weighted by Crippen LogP contribution is 2.49. The zero-order chi connectivity index (χ0) is 23.0. The van der Waals surface area contributed by atoms with Gasteiger partial charge in [0, 0.05) is 22.4 Å². The molecule has 33 heavy (non-hydrogen) atoms. The number of imide groups is 1. The van der Waals surface area contributed by atoms with Gasteiger partial charge < -0.3 is 10.1 Å². The Labute approximate surface area is 189 Å². The van der Waals surface area contributed by atoms with Crippen LogP contribution < -0.4 is 5.32 Å². The van der Waals surface area contributed by atoms with Gasteiger partial charge in [0.25, 0.3) is 5.91 Å². The van der Waals surface area contributed by atoms with Crippen LogP contribution in [0.1, 0.15) is 0 Å². The topological polar surface area (TPSA) is 113 Å². The van der Waals surface area contributed by atoms with Crippen molar-refractivity contribution in [2.45, 2.75) is 10.5 Å². The first-order valence-electron chi connectivity index (χ1n) is 10.2. The molecule has 7 nitrogen and oxygen atoms in total. The maximum absolute atomic E-state index is 13.3. The van der Waals surface area contributed by atoms with Crippen LogP contribution in [-0.4, -0.2) is 31.5 Å². The van der Waals surface area contributed by atoms with Crippen LogP contribution in [0.3, 0.4) is 0 Å². The summed E-state index contributed by atoms with van der Waals surface area (Å²) in [4.78, 5) is 25.1. The molecule has 0 aromatic heterocycles. The molecule has 3 aliphatic carbocycles. The van der Waals surface area contributed by atoms with E-state index in [1.165, 1.54) is 24.3 Å². The lowest BCUT2D eigenvalue weighted by molar-refractivity contribution is -0.124. The number of amides is 2. The molecule has 2 heterocycles. The summed E-state index contributed by atoms with van der Waals surface area (Å²) in [7, 11) is -3.83. The molecule has 2 atom stereocenters. The molecule has 1 spiro atoms. The number of sulfone groups is 1. The van der Waals surface area contributed by atoms with E-state index in [0.29, 0.717) is 16.7 Å². The van der Waals surface area contributed by atoms with Gasteiger partial charge >= 0.3 is 0 Å². The average Bonchev–Trinajstić information content (AvgIpc) is 3.11. The molecular weight excluding hydrogens is 440 g/mol. The predicted octanol–water partition coefficient (Wildman–Crippen LogP) is 2.59. The Kier molecular flexibility index (Phi) is 3.86. The normalized spacial score (nSPS) is 27.3. The van der Waals surface area contributed by atoms with Gasteiger partial charge in [0.1, 0.15) is 11.7 Å². The van der Waals surface area contributed by atoms with Gasteiger partial charge in [0.2, 0.25) is 15.7 Å². The van der Waals surface area contributed by atoms with E-state index in [1.54, 1.807) is 36.4 Å². The summed E-state index contributed by atoms with van der Waals surface area (Å²) in [6, 6.07) is 8.12. The Bertz CT molecular complexity index is 1520. The highest BCUT2D eigenvalue weighted by Gasteiger charge is 2.50. The lowest BCUT2D eigenvalue weighted by atomic mass is 9.75. The molecule has 1 saturated heterocycles. The van der Waals surface area contributed by atoms with Crippen LogP contribution in [-0.2, 0) is 24.2 Å². The third-order valence-electron chi connectivity index (χ3n) is 6.28. The third kappa shape index (κ3) is 2.61. The molecule has 0 radical (unpaired) electrons. The van der Waals surface area contributed by atoms with Crippen molar-refractivity contribution in [3.63, 3.8) is 0 Å². The van der Waals surface area contributed by atoms with Crippen LogP contribution >= 0.6 is 0 Å². The Balaban J connectivity index is 1.57. The van der Waals surface area contributed by atoms with Gasteiger partial charge in [0.05, 0.1) is 15.4 Å². The molecule has 8 heteroatoms. The fourth-order valence-electron chi connectivity index (χ4n) is 4.71. The highest BCUT2D eigenvalue weighted by atomic mass is 32.2. The molecule has 1 aromatic rings. The number of hydrogen-bond acceptors (Lipinski definition) is 6. The number of nitrogens with one attached hydrogen (secondary N) is 2. The first kappa shape index (κ1) is 19.6. The van der Waals surface area contributed by atoms with E-state index in [4.69, 9.17) is 10.1 Å². The zero-order valence-corrected chi connectivity index (χ0v) is 17.8. The molecule has 0 bridgehead atoms. The van der Waals surface area contributed by atoms with Crippen LogP contribution in [0.4, 0.5) is 0 Å². The SMILES string of the molecule is N=C1C=C2C=C3C=CC=C4C=CC(S(=O)(=O)c5ccccc5)=CC43OC2=C2C(=O)NC(=O)C12. The summed E-state index contributed by atoms with van der Waals surface area (Å²) in [5.74, 6) is -2.02. The number of hydrogen-bond donors (Lipinski definition) is 2. The molecule has 2 aliphatic heterocycles. The fraction of sp³-hybridized carbons (Fsp3) is 0.0800. The van der Waals surface area contributed by atoms with Gasteiger partial charge in [-0.15, -0.1) is 0 Å². The minimum absolute atomic E-state index is 0.00508. The molecule has 0 saturated carbocycles. The summed E-state index contributed by atoms with van der Waals surface area (Å²) in [6.07, 6.45) is 13.5. The maximum Gasteiger partial charge on any atom is 0.258 e. The van der Waals surface area contributed by atoms with Gasteiger partial charge in [-0.25, -0.2) is 8.42 Å². The smallest absolute Gasteiger partial charge is 0.258 e. The van der Waals surface area contributed by atoms with Crippen molar-refractivity contribution in [2.75, 3.05) is 0 Å². The molecule has 1 aromatic carbocycles. The average molecular weight is 456 g/mol. The molecular formula is C25H16N2O5S. The van der Waals surface area contributed by atoms with Crippen LogP contribution in [0.5, 0.6) is 0 Å². The van der Waals surface area contributed by atoms with Gasteiger partial charge in [-0.3, -0.25) is 14.9 Å². The predicted molar refractivity (Wildman–Crippen MR) is 119 cm³/mol. The zero-order valence-electron chi connectivity index (χ0n) is 17.0. The highest BCUT2D eigenvalue weighted by molar-refractivity contribution is 7.95. The summed E-state index contributed by atoms with van der Waals surface area (Å²) >= 11 is 0.